The van der Waals surface area contributed by atoms with Gasteiger partial charge in [0.15, 0.2) is 5.13 Å². The number of aryl methyl sites for hydroxylation is 1. The second-order valence-corrected chi connectivity index (χ2v) is 6.57. The lowest BCUT2D eigenvalue weighted by atomic mass is 10.2. The molecule has 0 aliphatic rings. The minimum atomic E-state index is -0.809. The monoisotopic (exact) mass is 374 g/mol. The molecule has 2 rings (SSSR count). The van der Waals surface area contributed by atoms with E-state index in [0.717, 1.165) is 10.2 Å². The van der Waals surface area contributed by atoms with E-state index in [1.807, 2.05) is 16.8 Å². The van der Waals surface area contributed by atoms with Crippen molar-refractivity contribution in [3.63, 3.8) is 0 Å². The molecular weight excluding hydrogens is 364 g/mol. The Hall–Kier alpha value is -1.25. The fraction of sp³-hybridized carbons (Fsp3) is 0.250. The number of hydrogen-bond donors (Lipinski definition) is 2. The maximum Gasteiger partial charge on any atom is 0.303 e. The maximum atomic E-state index is 12.0. The Labute approximate surface area is 131 Å². The molecule has 5 nitrogen and oxygen atoms in total. The van der Waals surface area contributed by atoms with E-state index in [-0.39, 0.29) is 12.3 Å². The van der Waals surface area contributed by atoms with Crippen LogP contribution in [0.5, 0.6) is 0 Å². The molecule has 0 aromatic carbocycles. The number of amides is 1. The summed E-state index contributed by atoms with van der Waals surface area (Å²) in [7, 11) is 0. The van der Waals surface area contributed by atoms with Gasteiger partial charge in [0.2, 0.25) is 0 Å². The van der Waals surface area contributed by atoms with Crippen molar-refractivity contribution < 1.29 is 14.7 Å². The van der Waals surface area contributed by atoms with Gasteiger partial charge in [0, 0.05) is 16.3 Å². The first-order valence-electron chi connectivity index (χ1n) is 5.77. The van der Waals surface area contributed by atoms with Gasteiger partial charge in [-0.25, -0.2) is 4.98 Å². The Morgan fingerprint density at radius 1 is 1.40 bits per heavy atom. The van der Waals surface area contributed by atoms with E-state index in [4.69, 9.17) is 5.11 Å². The van der Waals surface area contributed by atoms with Gasteiger partial charge in [0.25, 0.3) is 5.91 Å². The summed E-state index contributed by atoms with van der Waals surface area (Å²) in [4.78, 5) is 27.3. The van der Waals surface area contributed by atoms with Crippen LogP contribution < -0.4 is 5.32 Å². The van der Waals surface area contributed by atoms with E-state index in [9.17, 15) is 9.59 Å². The summed E-state index contributed by atoms with van der Waals surface area (Å²) < 4.78 is 0.762. The zero-order valence-electron chi connectivity index (χ0n) is 10.3. The molecule has 0 aliphatic heterocycles. The molecule has 2 heterocycles. The molecule has 0 radical (unpaired) electrons. The third-order valence-corrected chi connectivity index (χ3v) is 5.06. The fourth-order valence-corrected chi connectivity index (χ4v) is 3.70. The largest absolute Gasteiger partial charge is 0.481 e. The standard InChI is InChI=1S/C12H11BrN2O3S2/c13-8-4-5-19-10(8)11(18)15-12-14-7(6-20-12)2-1-3-9(16)17/h4-6H,1-3H2,(H,16,17)(H,14,15,18). The van der Waals surface area contributed by atoms with Crippen molar-refractivity contribution in [1.29, 1.82) is 0 Å². The Morgan fingerprint density at radius 3 is 2.85 bits per heavy atom. The van der Waals surface area contributed by atoms with E-state index in [1.165, 1.54) is 22.7 Å². The van der Waals surface area contributed by atoms with Gasteiger partial charge in [0.05, 0.1) is 5.69 Å². The van der Waals surface area contributed by atoms with Crippen molar-refractivity contribution in [2.75, 3.05) is 5.32 Å². The molecule has 8 heteroatoms. The summed E-state index contributed by atoms with van der Waals surface area (Å²) in [6.45, 7) is 0. The van der Waals surface area contributed by atoms with E-state index in [2.05, 4.69) is 26.2 Å². The van der Waals surface area contributed by atoms with Gasteiger partial charge < -0.3 is 5.11 Å². The number of carbonyl (C=O) groups excluding carboxylic acids is 1. The zero-order chi connectivity index (χ0) is 14.5. The summed E-state index contributed by atoms with van der Waals surface area (Å²) in [5.74, 6) is -1.00. The number of aliphatic carboxylic acids is 1. The number of carboxylic acids is 1. The molecular formula is C12H11BrN2O3S2. The van der Waals surface area contributed by atoms with Gasteiger partial charge in [-0.3, -0.25) is 14.9 Å². The lowest BCUT2D eigenvalue weighted by molar-refractivity contribution is -0.137. The molecule has 0 saturated heterocycles. The third-order valence-electron chi connectivity index (χ3n) is 2.42. The van der Waals surface area contributed by atoms with Crippen molar-refractivity contribution in [1.82, 2.24) is 4.98 Å². The second kappa shape index (κ2) is 6.96. The van der Waals surface area contributed by atoms with Crippen LogP contribution in [0.1, 0.15) is 28.2 Å². The molecule has 1 amide bonds. The summed E-state index contributed by atoms with van der Waals surface area (Å²) in [6.07, 6.45) is 1.27. The molecule has 2 aromatic heterocycles. The maximum absolute atomic E-state index is 12.0. The van der Waals surface area contributed by atoms with Gasteiger partial charge in [-0.15, -0.1) is 22.7 Å². The molecule has 20 heavy (non-hydrogen) atoms. The molecule has 0 aliphatic carbocycles. The predicted molar refractivity (Wildman–Crippen MR) is 82.7 cm³/mol. The number of carbonyl (C=O) groups is 2. The number of thiophene rings is 1. The van der Waals surface area contributed by atoms with Gasteiger partial charge >= 0.3 is 5.97 Å². The highest BCUT2D eigenvalue weighted by atomic mass is 79.9. The molecule has 0 saturated carbocycles. The molecule has 0 unspecified atom stereocenters. The van der Waals surface area contributed by atoms with Crippen molar-refractivity contribution in [3.05, 3.63) is 31.9 Å². The minimum Gasteiger partial charge on any atom is -0.481 e. The minimum absolute atomic E-state index is 0.126. The van der Waals surface area contributed by atoms with Crippen LogP contribution in [-0.4, -0.2) is 22.0 Å². The third kappa shape index (κ3) is 4.12. The van der Waals surface area contributed by atoms with Crippen molar-refractivity contribution >= 4 is 55.6 Å². The number of thiazole rings is 1. The smallest absolute Gasteiger partial charge is 0.303 e. The van der Waals surface area contributed by atoms with Crippen LogP contribution in [0.4, 0.5) is 5.13 Å². The number of nitrogens with one attached hydrogen (secondary N) is 1. The number of aromatic nitrogens is 1. The highest BCUT2D eigenvalue weighted by Crippen LogP contribution is 2.25. The van der Waals surface area contributed by atoms with Gasteiger partial charge in [-0.2, -0.15) is 0 Å². The fourth-order valence-electron chi connectivity index (χ4n) is 1.51. The average Bonchev–Trinajstić information content (AvgIpc) is 2.98. The van der Waals surface area contributed by atoms with E-state index in [1.54, 1.807) is 0 Å². The normalized spacial score (nSPS) is 10.4. The average molecular weight is 375 g/mol. The number of halogens is 1. The molecule has 0 atom stereocenters. The van der Waals surface area contributed by atoms with Gasteiger partial charge in [-0.1, -0.05) is 0 Å². The molecule has 106 valence electrons. The Bertz CT molecular complexity index is 624. The summed E-state index contributed by atoms with van der Waals surface area (Å²) in [5, 5.41) is 15.5. The van der Waals surface area contributed by atoms with Crippen LogP contribution in [0.3, 0.4) is 0 Å². The first kappa shape index (κ1) is 15.1. The first-order valence-corrected chi connectivity index (χ1v) is 8.32. The van der Waals surface area contributed by atoms with Crippen LogP contribution >= 0.6 is 38.6 Å². The quantitative estimate of drug-likeness (QED) is 0.808. The van der Waals surface area contributed by atoms with E-state index < -0.39 is 5.97 Å². The Balaban J connectivity index is 1.91. The number of rotatable bonds is 6. The topological polar surface area (TPSA) is 79.3 Å². The summed E-state index contributed by atoms with van der Waals surface area (Å²) >= 11 is 6.00. The predicted octanol–water partition coefficient (Wildman–Crippen LogP) is 3.63. The van der Waals surface area contributed by atoms with Crippen LogP contribution in [0.2, 0.25) is 0 Å². The van der Waals surface area contributed by atoms with Crippen LogP contribution in [-0.2, 0) is 11.2 Å². The molecule has 0 fully saturated rings. The van der Waals surface area contributed by atoms with E-state index in [0.29, 0.717) is 22.9 Å². The molecule has 2 aromatic rings. The number of anilines is 1. The van der Waals surface area contributed by atoms with E-state index >= 15 is 0 Å². The highest BCUT2D eigenvalue weighted by molar-refractivity contribution is 9.10. The van der Waals surface area contributed by atoms with Crippen LogP contribution in [0, 0.1) is 0 Å². The van der Waals surface area contributed by atoms with Crippen LogP contribution in [0.25, 0.3) is 0 Å². The highest BCUT2D eigenvalue weighted by Gasteiger charge is 2.13. The molecule has 2 N–H and O–H groups in total. The Kier molecular flexibility index (Phi) is 5.27. The SMILES string of the molecule is O=C(O)CCCc1csc(NC(=O)c2sccc2Br)n1. The van der Waals surface area contributed by atoms with Crippen LogP contribution in [0.15, 0.2) is 21.3 Å². The second-order valence-electron chi connectivity index (χ2n) is 3.94. The van der Waals surface area contributed by atoms with Crippen molar-refractivity contribution in [2.24, 2.45) is 0 Å². The number of hydrogen-bond acceptors (Lipinski definition) is 5. The first-order chi connectivity index (χ1) is 9.56. The summed E-state index contributed by atoms with van der Waals surface area (Å²) in [6, 6.07) is 1.82. The van der Waals surface area contributed by atoms with Crippen molar-refractivity contribution in [3.8, 4) is 0 Å². The molecule has 0 spiro atoms. The Morgan fingerprint density at radius 2 is 2.20 bits per heavy atom. The van der Waals surface area contributed by atoms with Gasteiger partial charge in [0.1, 0.15) is 4.88 Å². The number of nitrogens with zero attached hydrogens (tertiary/aromatic N) is 1. The lowest BCUT2D eigenvalue weighted by Crippen LogP contribution is -2.10. The molecule has 0 bridgehead atoms. The van der Waals surface area contributed by atoms with Gasteiger partial charge in [-0.05, 0) is 40.2 Å². The summed E-state index contributed by atoms with van der Waals surface area (Å²) in [5.41, 5.74) is 0.803. The van der Waals surface area contributed by atoms with Crippen molar-refractivity contribution in [2.45, 2.75) is 19.3 Å². The lowest BCUT2D eigenvalue weighted by Gasteiger charge is -1.99. The number of carboxylic acid groups (broad SMARTS) is 1. The zero-order valence-corrected chi connectivity index (χ0v) is 13.5.